The zero-order valence-corrected chi connectivity index (χ0v) is 13.3. The fraction of sp³-hybridized carbons (Fsp3) is 0.412. The van der Waals surface area contributed by atoms with Gasteiger partial charge in [0.05, 0.1) is 6.61 Å². The van der Waals surface area contributed by atoms with Crippen LogP contribution < -0.4 is 4.74 Å². The van der Waals surface area contributed by atoms with Gasteiger partial charge in [0.1, 0.15) is 11.9 Å². The summed E-state index contributed by atoms with van der Waals surface area (Å²) in [5, 5.41) is 10.5. The Morgan fingerprint density at radius 2 is 1.95 bits per heavy atom. The SMILES string of the molecule is CCOc1cccc(C(O)c2ccc(C(C)(C)C)s2)c1. The fourth-order valence-corrected chi connectivity index (χ4v) is 3.09. The average molecular weight is 290 g/mol. The molecular weight excluding hydrogens is 268 g/mol. The van der Waals surface area contributed by atoms with Crippen LogP contribution in [0.15, 0.2) is 36.4 Å². The minimum Gasteiger partial charge on any atom is -0.494 e. The third-order valence-electron chi connectivity index (χ3n) is 3.12. The van der Waals surface area contributed by atoms with Gasteiger partial charge in [-0.2, -0.15) is 0 Å². The molecule has 0 aliphatic rings. The van der Waals surface area contributed by atoms with E-state index in [4.69, 9.17) is 4.74 Å². The van der Waals surface area contributed by atoms with Gasteiger partial charge in [-0.25, -0.2) is 0 Å². The van der Waals surface area contributed by atoms with Gasteiger partial charge in [0.15, 0.2) is 0 Å². The zero-order chi connectivity index (χ0) is 14.8. The van der Waals surface area contributed by atoms with E-state index in [1.54, 1.807) is 11.3 Å². The summed E-state index contributed by atoms with van der Waals surface area (Å²) in [6.45, 7) is 9.14. The summed E-state index contributed by atoms with van der Waals surface area (Å²) in [4.78, 5) is 2.26. The maximum atomic E-state index is 10.5. The molecule has 0 aliphatic carbocycles. The highest BCUT2D eigenvalue weighted by atomic mass is 32.1. The van der Waals surface area contributed by atoms with Crippen LogP contribution in [0.4, 0.5) is 0 Å². The molecule has 0 bridgehead atoms. The van der Waals surface area contributed by atoms with Crippen molar-refractivity contribution in [3.63, 3.8) is 0 Å². The van der Waals surface area contributed by atoms with Gasteiger partial charge in [0.25, 0.3) is 0 Å². The molecule has 0 saturated heterocycles. The summed E-state index contributed by atoms with van der Waals surface area (Å²) in [6, 6.07) is 11.8. The van der Waals surface area contributed by atoms with E-state index >= 15 is 0 Å². The van der Waals surface area contributed by atoms with E-state index in [0.29, 0.717) is 6.61 Å². The van der Waals surface area contributed by atoms with Crippen molar-refractivity contribution >= 4 is 11.3 Å². The molecule has 0 spiro atoms. The largest absolute Gasteiger partial charge is 0.494 e. The number of aliphatic hydroxyl groups excluding tert-OH is 1. The van der Waals surface area contributed by atoms with Crippen LogP contribution in [0.3, 0.4) is 0 Å². The Labute approximate surface area is 125 Å². The molecule has 1 atom stereocenters. The average Bonchev–Trinajstić information content (AvgIpc) is 2.88. The topological polar surface area (TPSA) is 29.5 Å². The molecule has 1 heterocycles. The van der Waals surface area contributed by atoms with Gasteiger partial charge >= 0.3 is 0 Å². The molecule has 1 unspecified atom stereocenters. The monoisotopic (exact) mass is 290 g/mol. The van der Waals surface area contributed by atoms with Crippen LogP contribution >= 0.6 is 11.3 Å². The minimum absolute atomic E-state index is 0.121. The zero-order valence-electron chi connectivity index (χ0n) is 12.5. The second kappa shape index (κ2) is 5.98. The quantitative estimate of drug-likeness (QED) is 0.896. The number of hydrogen-bond donors (Lipinski definition) is 1. The van der Waals surface area contributed by atoms with Crippen molar-refractivity contribution in [3.8, 4) is 5.75 Å². The Bertz CT molecular complexity index is 566. The number of rotatable bonds is 4. The van der Waals surface area contributed by atoms with Crippen molar-refractivity contribution in [2.24, 2.45) is 0 Å². The molecule has 2 aromatic rings. The molecule has 0 aliphatic heterocycles. The molecule has 0 fully saturated rings. The van der Waals surface area contributed by atoms with Crippen molar-refractivity contribution in [2.45, 2.75) is 39.2 Å². The summed E-state index contributed by atoms with van der Waals surface area (Å²) in [7, 11) is 0. The van der Waals surface area contributed by atoms with E-state index in [-0.39, 0.29) is 5.41 Å². The molecule has 1 N–H and O–H groups in total. The van der Waals surface area contributed by atoms with E-state index in [1.807, 2.05) is 37.3 Å². The first kappa shape index (κ1) is 15.1. The molecule has 20 heavy (non-hydrogen) atoms. The lowest BCUT2D eigenvalue weighted by Gasteiger charge is -2.16. The number of aliphatic hydroxyl groups is 1. The van der Waals surface area contributed by atoms with Crippen molar-refractivity contribution < 1.29 is 9.84 Å². The molecule has 2 rings (SSSR count). The lowest BCUT2D eigenvalue weighted by molar-refractivity contribution is 0.223. The maximum Gasteiger partial charge on any atom is 0.119 e. The van der Waals surface area contributed by atoms with Crippen LogP contribution in [0.2, 0.25) is 0 Å². The predicted octanol–water partition coefficient (Wildman–Crippen LogP) is 4.53. The maximum absolute atomic E-state index is 10.5. The lowest BCUT2D eigenvalue weighted by Crippen LogP contribution is -2.07. The van der Waals surface area contributed by atoms with E-state index in [2.05, 4.69) is 26.8 Å². The van der Waals surface area contributed by atoms with E-state index in [9.17, 15) is 5.11 Å². The molecule has 3 heteroatoms. The Balaban J connectivity index is 2.24. The molecule has 0 radical (unpaired) electrons. The Hall–Kier alpha value is -1.32. The Kier molecular flexibility index (Phi) is 4.51. The molecule has 108 valence electrons. The van der Waals surface area contributed by atoms with Gasteiger partial charge in [-0.05, 0) is 42.2 Å². The summed E-state index contributed by atoms with van der Waals surface area (Å²) >= 11 is 1.67. The molecule has 0 saturated carbocycles. The van der Waals surface area contributed by atoms with Gasteiger partial charge in [0.2, 0.25) is 0 Å². The van der Waals surface area contributed by atoms with Gasteiger partial charge < -0.3 is 9.84 Å². The van der Waals surface area contributed by atoms with Crippen molar-refractivity contribution in [1.82, 2.24) is 0 Å². The van der Waals surface area contributed by atoms with E-state index < -0.39 is 6.10 Å². The molecular formula is C17H22O2S. The molecule has 1 aromatic carbocycles. The van der Waals surface area contributed by atoms with Gasteiger partial charge in [-0.15, -0.1) is 11.3 Å². The van der Waals surface area contributed by atoms with Gasteiger partial charge in [-0.3, -0.25) is 0 Å². The molecule has 0 amide bonds. The summed E-state index contributed by atoms with van der Waals surface area (Å²) in [5.41, 5.74) is 0.994. The standard InChI is InChI=1S/C17H22O2S/c1-5-19-13-8-6-7-12(11-13)16(18)14-9-10-15(20-14)17(2,3)4/h6-11,16,18H,5H2,1-4H3. The first-order valence-corrected chi connectivity index (χ1v) is 7.74. The van der Waals surface area contributed by atoms with Crippen LogP contribution in [-0.4, -0.2) is 11.7 Å². The predicted molar refractivity (Wildman–Crippen MR) is 84.7 cm³/mol. The van der Waals surface area contributed by atoms with E-state index in [1.165, 1.54) is 4.88 Å². The Morgan fingerprint density at radius 3 is 2.55 bits per heavy atom. The van der Waals surface area contributed by atoms with Crippen LogP contribution in [-0.2, 0) is 5.41 Å². The second-order valence-corrected chi connectivity index (χ2v) is 6.98. The first-order valence-electron chi connectivity index (χ1n) is 6.93. The number of hydrogen-bond acceptors (Lipinski definition) is 3. The first-order chi connectivity index (χ1) is 9.41. The van der Waals surface area contributed by atoms with Crippen molar-refractivity contribution in [3.05, 3.63) is 51.7 Å². The highest BCUT2D eigenvalue weighted by Crippen LogP contribution is 2.35. The van der Waals surface area contributed by atoms with Crippen molar-refractivity contribution in [2.75, 3.05) is 6.61 Å². The lowest BCUT2D eigenvalue weighted by atomic mass is 9.95. The third-order valence-corrected chi connectivity index (χ3v) is 4.68. The minimum atomic E-state index is -0.587. The summed E-state index contributed by atoms with van der Waals surface area (Å²) in [6.07, 6.45) is -0.587. The van der Waals surface area contributed by atoms with Gasteiger partial charge in [-0.1, -0.05) is 32.9 Å². The smallest absolute Gasteiger partial charge is 0.119 e. The second-order valence-electron chi connectivity index (χ2n) is 5.86. The highest BCUT2D eigenvalue weighted by Gasteiger charge is 2.19. The van der Waals surface area contributed by atoms with Crippen LogP contribution in [0, 0.1) is 0 Å². The number of ether oxygens (including phenoxy) is 1. The van der Waals surface area contributed by atoms with Crippen LogP contribution in [0.25, 0.3) is 0 Å². The highest BCUT2D eigenvalue weighted by molar-refractivity contribution is 7.12. The summed E-state index contributed by atoms with van der Waals surface area (Å²) in [5.74, 6) is 0.802. The molecule has 1 aromatic heterocycles. The van der Waals surface area contributed by atoms with Crippen molar-refractivity contribution in [1.29, 1.82) is 0 Å². The summed E-state index contributed by atoms with van der Waals surface area (Å²) < 4.78 is 5.48. The van der Waals surface area contributed by atoms with Crippen LogP contribution in [0.5, 0.6) is 5.75 Å². The molecule has 2 nitrogen and oxygen atoms in total. The fourth-order valence-electron chi connectivity index (χ4n) is 2.01. The van der Waals surface area contributed by atoms with E-state index in [0.717, 1.165) is 16.2 Å². The normalized spacial score (nSPS) is 13.2. The number of thiophene rings is 1. The van der Waals surface area contributed by atoms with Gasteiger partial charge in [0, 0.05) is 9.75 Å². The van der Waals surface area contributed by atoms with Crippen LogP contribution in [0.1, 0.15) is 49.1 Å². The third kappa shape index (κ3) is 3.41. The Morgan fingerprint density at radius 1 is 1.20 bits per heavy atom. The number of benzene rings is 1.